The van der Waals surface area contributed by atoms with Gasteiger partial charge in [-0.3, -0.25) is 0 Å². The standard InChI is InChI=1S/C116H119BN4/c1-109(2,3)78-44-36-73(37-45-78)88-32-28-33-89(74-38-46-79(47-39-74)110(4,5)6)107(88)120-102-70-86(118-98-60-52-82(113(13,14)15)66-92(98)93-67-83(114(16,17)18)53-61-99(93)118)56-58-96(102)117-97-59-57-87(119-100-62-54-84(115(19,20)21)68-94(100)95-69-85(116(22,23)24)55-63-101(95)119)71-103(97)121(105-65-77(64-104(120)106(105)117)72-30-26-25-27-31-72)108-90(75-40-48-80(49-41-75)111(7,8)9)34-29-35-91(108)76-42-50-81(51-43-76)112(10,11)12/h25-71H,1-24H3. The van der Waals surface area contributed by atoms with Crippen LogP contribution in [0.15, 0.2) is 285 Å². The van der Waals surface area contributed by atoms with Gasteiger partial charge in [-0.1, -0.05) is 366 Å². The molecule has 18 rings (SSSR count). The lowest BCUT2D eigenvalue weighted by atomic mass is 9.33. The molecule has 2 aliphatic rings. The highest BCUT2D eigenvalue weighted by atomic mass is 15.2. The second-order valence-electron chi connectivity index (χ2n) is 43.2. The lowest BCUT2D eigenvalue weighted by Crippen LogP contribution is -2.61. The monoisotopic (exact) mass is 1580 g/mol. The zero-order valence-electron chi connectivity index (χ0n) is 76.0. The summed E-state index contributed by atoms with van der Waals surface area (Å²) >= 11 is 0. The highest BCUT2D eigenvalue weighted by Crippen LogP contribution is 2.56. The zero-order valence-corrected chi connectivity index (χ0v) is 76.0. The molecular formula is C116H119BN4. The molecule has 0 radical (unpaired) electrons. The molecule has 121 heavy (non-hydrogen) atoms. The Morgan fingerprint density at radius 3 is 0.711 bits per heavy atom. The smallest absolute Gasteiger partial charge is 0.252 e. The van der Waals surface area contributed by atoms with Crippen molar-refractivity contribution in [1.82, 2.24) is 9.13 Å². The first kappa shape index (κ1) is 80.4. The Labute approximate surface area is 721 Å². The summed E-state index contributed by atoms with van der Waals surface area (Å²) in [7, 11) is 0. The molecule has 0 saturated heterocycles. The summed E-state index contributed by atoms with van der Waals surface area (Å²) in [5, 5.41) is 5.04. The lowest BCUT2D eigenvalue weighted by molar-refractivity contribution is 0.590. The minimum Gasteiger partial charge on any atom is -0.310 e. The maximum Gasteiger partial charge on any atom is 0.252 e. The summed E-state index contributed by atoms with van der Waals surface area (Å²) in [6.45, 7) is 55.7. The number of fused-ring (bicyclic) bond motifs is 10. The Hall–Kier alpha value is -11.7. The summed E-state index contributed by atoms with van der Waals surface area (Å²) in [4.78, 5) is 5.50. The number of para-hydroxylation sites is 2. The second kappa shape index (κ2) is 28.5. The number of aromatic nitrogens is 2. The van der Waals surface area contributed by atoms with E-state index >= 15 is 0 Å². The molecule has 14 aromatic carbocycles. The number of hydrogen-bond donors (Lipinski definition) is 0. The van der Waals surface area contributed by atoms with E-state index in [2.05, 4.69) is 470 Å². The molecule has 0 aliphatic carbocycles. The van der Waals surface area contributed by atoms with Gasteiger partial charge >= 0.3 is 0 Å². The average Bonchev–Trinajstić information content (AvgIpc) is 0.777. The number of anilines is 6. The third-order valence-corrected chi connectivity index (χ3v) is 26.4. The van der Waals surface area contributed by atoms with Gasteiger partial charge in [0.25, 0.3) is 6.71 Å². The van der Waals surface area contributed by atoms with E-state index in [1.165, 1.54) is 105 Å². The van der Waals surface area contributed by atoms with E-state index in [1.54, 1.807) is 0 Å². The SMILES string of the molecule is CC(C)(C)c1ccc(-c2cccc(-c3ccc(C(C)(C)C)cc3)c2N2c3cc(-n4c5ccc(C(C)(C)C)cc5c5cc(C(C)(C)C)ccc54)ccc3B3c4ccc(-n5c6ccc(C(C)(C)C)cc6c6cc(C(C)(C)C)ccc65)cc4N(c4c(-c5ccc(C(C)(C)C)cc5)cccc4-c4ccc(C(C)(C)C)cc4)c4cc(-c5ccccc5)cc2c43)cc1. The largest absolute Gasteiger partial charge is 0.310 e. The molecule has 606 valence electrons. The fourth-order valence-corrected chi connectivity index (χ4v) is 19.1. The topological polar surface area (TPSA) is 16.3 Å². The van der Waals surface area contributed by atoms with E-state index < -0.39 is 0 Å². The third kappa shape index (κ3) is 14.1. The first-order valence-electron chi connectivity index (χ1n) is 44.1. The van der Waals surface area contributed by atoms with Crippen molar-refractivity contribution >= 4 is 101 Å². The van der Waals surface area contributed by atoms with Gasteiger partial charge in [0.15, 0.2) is 0 Å². The van der Waals surface area contributed by atoms with Crippen molar-refractivity contribution < 1.29 is 0 Å². The van der Waals surface area contributed by atoms with Crippen LogP contribution in [-0.4, -0.2) is 15.8 Å². The van der Waals surface area contributed by atoms with Gasteiger partial charge in [0.1, 0.15) is 0 Å². The van der Waals surface area contributed by atoms with Gasteiger partial charge in [0, 0.05) is 77.9 Å². The molecule has 0 amide bonds. The molecule has 0 bridgehead atoms. The van der Waals surface area contributed by atoms with Crippen molar-refractivity contribution in [3.63, 3.8) is 0 Å². The third-order valence-electron chi connectivity index (χ3n) is 26.4. The first-order valence-corrected chi connectivity index (χ1v) is 44.1. The van der Waals surface area contributed by atoms with E-state index in [0.29, 0.717) is 0 Å². The van der Waals surface area contributed by atoms with Crippen molar-refractivity contribution in [2.75, 3.05) is 9.80 Å². The summed E-state index contributed by atoms with van der Waals surface area (Å²) < 4.78 is 5.16. The van der Waals surface area contributed by atoms with Crippen molar-refractivity contribution in [1.29, 1.82) is 0 Å². The van der Waals surface area contributed by atoms with Gasteiger partial charge in [0.2, 0.25) is 0 Å². The molecule has 0 atom stereocenters. The van der Waals surface area contributed by atoms with E-state index in [-0.39, 0.29) is 50.0 Å². The Morgan fingerprint density at radius 1 is 0.198 bits per heavy atom. The molecule has 2 aromatic heterocycles. The summed E-state index contributed by atoms with van der Waals surface area (Å²) in [5.74, 6) is 0. The number of nitrogens with zero attached hydrogens (tertiary/aromatic N) is 4. The fraction of sp³-hybridized carbons (Fsp3) is 0.276. The van der Waals surface area contributed by atoms with Crippen molar-refractivity contribution in [3.05, 3.63) is 330 Å². The number of benzene rings is 14. The fourth-order valence-electron chi connectivity index (χ4n) is 19.1. The van der Waals surface area contributed by atoms with Gasteiger partial charge in [-0.2, -0.15) is 0 Å². The maximum atomic E-state index is 2.75. The molecule has 0 N–H and O–H groups in total. The summed E-state index contributed by atoms with van der Waals surface area (Å²) in [6.07, 6.45) is 0. The maximum absolute atomic E-state index is 2.75. The van der Waals surface area contributed by atoms with Crippen LogP contribution < -0.4 is 26.2 Å². The van der Waals surface area contributed by atoms with Crippen molar-refractivity contribution in [2.45, 2.75) is 209 Å². The highest BCUT2D eigenvalue weighted by Gasteiger charge is 2.46. The van der Waals surface area contributed by atoms with Crippen LogP contribution in [0.4, 0.5) is 34.1 Å². The second-order valence-corrected chi connectivity index (χ2v) is 43.2. The Balaban J connectivity index is 1.03. The van der Waals surface area contributed by atoms with Crippen LogP contribution in [0, 0.1) is 0 Å². The minimum absolute atomic E-state index is 0.0649. The summed E-state index contributed by atoms with van der Waals surface area (Å²) in [5.41, 5.74) is 38.6. The van der Waals surface area contributed by atoms with E-state index in [4.69, 9.17) is 0 Å². The van der Waals surface area contributed by atoms with Crippen molar-refractivity contribution in [3.8, 4) is 67.0 Å². The van der Waals surface area contributed by atoms with Crippen molar-refractivity contribution in [2.24, 2.45) is 0 Å². The molecule has 4 nitrogen and oxygen atoms in total. The molecule has 2 aliphatic heterocycles. The van der Waals surface area contributed by atoms with Gasteiger partial charge in [-0.05, 0) is 223 Å². The predicted molar refractivity (Wildman–Crippen MR) is 526 cm³/mol. The molecule has 0 fully saturated rings. The zero-order chi connectivity index (χ0) is 85.5. The molecule has 16 aromatic rings. The predicted octanol–water partition coefficient (Wildman–Crippen LogP) is 30.7. The molecule has 5 heteroatoms. The van der Waals surface area contributed by atoms with Crippen LogP contribution >= 0.6 is 0 Å². The first-order chi connectivity index (χ1) is 57.1. The quantitative estimate of drug-likeness (QED) is 0.134. The average molecular weight is 1580 g/mol. The highest BCUT2D eigenvalue weighted by molar-refractivity contribution is 7.00. The van der Waals surface area contributed by atoms with Gasteiger partial charge in [0.05, 0.1) is 33.4 Å². The van der Waals surface area contributed by atoms with Crippen LogP contribution in [0.1, 0.15) is 211 Å². The number of hydrogen-bond acceptors (Lipinski definition) is 2. The summed E-state index contributed by atoms with van der Waals surface area (Å²) in [6, 6.07) is 113. The van der Waals surface area contributed by atoms with Crippen LogP contribution in [0.5, 0.6) is 0 Å². The van der Waals surface area contributed by atoms with Crippen LogP contribution in [0.2, 0.25) is 0 Å². The Kier molecular flexibility index (Phi) is 18.9. The molecule has 0 spiro atoms. The van der Waals surface area contributed by atoms with E-state index in [1.807, 2.05) is 0 Å². The molecule has 0 unspecified atom stereocenters. The Bertz CT molecular complexity index is 6100. The van der Waals surface area contributed by atoms with Crippen LogP contribution in [-0.2, 0) is 43.3 Å². The normalized spacial score (nSPS) is 13.6. The van der Waals surface area contributed by atoms with Gasteiger partial charge < -0.3 is 18.9 Å². The van der Waals surface area contributed by atoms with Crippen LogP contribution in [0.25, 0.3) is 111 Å². The molecule has 4 heterocycles. The minimum atomic E-state index is -0.292. The van der Waals surface area contributed by atoms with E-state index in [9.17, 15) is 0 Å². The molecular weight excluding hydrogens is 1460 g/mol. The molecule has 0 saturated carbocycles. The van der Waals surface area contributed by atoms with Gasteiger partial charge in [-0.15, -0.1) is 0 Å². The van der Waals surface area contributed by atoms with E-state index in [0.717, 1.165) is 101 Å². The van der Waals surface area contributed by atoms with Gasteiger partial charge in [-0.25, -0.2) is 0 Å². The lowest BCUT2D eigenvalue weighted by Gasteiger charge is -2.46. The van der Waals surface area contributed by atoms with Crippen LogP contribution in [0.3, 0.4) is 0 Å². The Morgan fingerprint density at radius 2 is 0.455 bits per heavy atom. The number of rotatable bonds is 9.